The minimum Gasteiger partial charge on any atom is -0.497 e. The van der Waals surface area contributed by atoms with E-state index in [1.807, 2.05) is 36.4 Å². The molecular formula is C13H11NO2. The van der Waals surface area contributed by atoms with Crippen LogP contribution in [0.2, 0.25) is 0 Å². The van der Waals surface area contributed by atoms with Crippen LogP contribution in [0.5, 0.6) is 5.75 Å². The molecule has 0 aliphatic heterocycles. The molecule has 0 atom stereocenters. The van der Waals surface area contributed by atoms with Gasteiger partial charge in [-0.25, -0.2) is 4.98 Å². The number of aromatic nitrogens is 1. The first-order valence-electron chi connectivity index (χ1n) is 4.90. The maximum Gasteiger partial charge on any atom is 0.168 e. The number of hydrogen-bond donors (Lipinski definition) is 0. The molecule has 1 heterocycles. The van der Waals surface area contributed by atoms with Gasteiger partial charge in [-0.3, -0.25) is 4.79 Å². The fourth-order valence-electron chi connectivity index (χ4n) is 1.44. The van der Waals surface area contributed by atoms with Gasteiger partial charge in [0.1, 0.15) is 11.4 Å². The molecule has 16 heavy (non-hydrogen) atoms. The quantitative estimate of drug-likeness (QED) is 0.735. The molecular weight excluding hydrogens is 202 g/mol. The Balaban J connectivity index is 2.38. The first-order chi connectivity index (χ1) is 7.83. The van der Waals surface area contributed by atoms with Crippen molar-refractivity contribution in [3.8, 4) is 17.0 Å². The number of benzene rings is 1. The predicted molar refractivity (Wildman–Crippen MR) is 61.6 cm³/mol. The van der Waals surface area contributed by atoms with Crippen LogP contribution in [0.15, 0.2) is 42.5 Å². The third-order valence-corrected chi connectivity index (χ3v) is 2.28. The Hall–Kier alpha value is -2.16. The van der Waals surface area contributed by atoms with Gasteiger partial charge in [0.25, 0.3) is 0 Å². The number of rotatable bonds is 3. The van der Waals surface area contributed by atoms with E-state index in [9.17, 15) is 4.79 Å². The molecule has 1 aromatic heterocycles. The highest BCUT2D eigenvalue weighted by Crippen LogP contribution is 2.20. The van der Waals surface area contributed by atoms with E-state index in [0.717, 1.165) is 23.3 Å². The molecule has 0 spiro atoms. The maximum absolute atomic E-state index is 10.6. The van der Waals surface area contributed by atoms with E-state index in [-0.39, 0.29) is 0 Å². The van der Waals surface area contributed by atoms with Crippen molar-refractivity contribution in [3.63, 3.8) is 0 Å². The Bertz CT molecular complexity index is 492. The number of hydrogen-bond acceptors (Lipinski definition) is 3. The van der Waals surface area contributed by atoms with Gasteiger partial charge >= 0.3 is 0 Å². The number of nitrogens with zero attached hydrogens (tertiary/aromatic N) is 1. The van der Waals surface area contributed by atoms with E-state index in [2.05, 4.69) is 4.98 Å². The molecule has 3 heteroatoms. The first-order valence-corrected chi connectivity index (χ1v) is 4.90. The Kier molecular flexibility index (Phi) is 2.96. The lowest BCUT2D eigenvalue weighted by Crippen LogP contribution is -1.89. The summed E-state index contributed by atoms with van der Waals surface area (Å²) in [6, 6.07) is 12.9. The second-order valence-electron chi connectivity index (χ2n) is 3.29. The fourth-order valence-corrected chi connectivity index (χ4v) is 1.44. The van der Waals surface area contributed by atoms with Gasteiger partial charge < -0.3 is 4.74 Å². The largest absolute Gasteiger partial charge is 0.497 e. The summed E-state index contributed by atoms with van der Waals surface area (Å²) in [6.07, 6.45) is 0.743. The highest BCUT2D eigenvalue weighted by Gasteiger charge is 2.00. The van der Waals surface area contributed by atoms with Gasteiger partial charge in [-0.15, -0.1) is 0 Å². The Labute approximate surface area is 93.7 Å². The zero-order valence-corrected chi connectivity index (χ0v) is 8.88. The molecule has 0 amide bonds. The molecule has 2 rings (SSSR count). The zero-order chi connectivity index (χ0) is 11.4. The number of carbonyl (C=O) groups excluding carboxylic acids is 1. The van der Waals surface area contributed by atoms with Gasteiger partial charge in [0, 0.05) is 5.56 Å². The first kappa shape index (κ1) is 10.4. The van der Waals surface area contributed by atoms with Crippen molar-refractivity contribution < 1.29 is 9.53 Å². The lowest BCUT2D eigenvalue weighted by molar-refractivity contribution is 0.111. The van der Waals surface area contributed by atoms with Crippen LogP contribution in [0.3, 0.4) is 0 Å². The van der Waals surface area contributed by atoms with E-state index < -0.39 is 0 Å². The standard InChI is InChI=1S/C13H11NO2/c1-16-12-7-5-10(6-8-12)13-4-2-3-11(9-15)14-13/h2-9H,1H3. The van der Waals surface area contributed by atoms with Crippen molar-refractivity contribution in [1.82, 2.24) is 4.98 Å². The molecule has 0 fully saturated rings. The van der Waals surface area contributed by atoms with Crippen molar-refractivity contribution in [3.05, 3.63) is 48.2 Å². The molecule has 0 unspecified atom stereocenters. The summed E-state index contributed by atoms with van der Waals surface area (Å²) in [5.41, 5.74) is 2.19. The van der Waals surface area contributed by atoms with Crippen LogP contribution in [0, 0.1) is 0 Å². The lowest BCUT2D eigenvalue weighted by Gasteiger charge is -2.03. The SMILES string of the molecule is COc1ccc(-c2cccc(C=O)n2)cc1. The van der Waals surface area contributed by atoms with E-state index in [1.54, 1.807) is 13.2 Å². The summed E-state index contributed by atoms with van der Waals surface area (Å²) < 4.78 is 5.07. The second-order valence-corrected chi connectivity index (χ2v) is 3.29. The van der Waals surface area contributed by atoms with Crippen LogP contribution >= 0.6 is 0 Å². The Morgan fingerprint density at radius 2 is 1.88 bits per heavy atom. The molecule has 0 saturated carbocycles. The summed E-state index contributed by atoms with van der Waals surface area (Å²) in [6.45, 7) is 0. The molecule has 0 aliphatic carbocycles. The summed E-state index contributed by atoms with van der Waals surface area (Å²) in [5, 5.41) is 0. The number of pyridine rings is 1. The highest BCUT2D eigenvalue weighted by molar-refractivity contribution is 5.73. The lowest BCUT2D eigenvalue weighted by atomic mass is 10.1. The van der Waals surface area contributed by atoms with E-state index >= 15 is 0 Å². The Morgan fingerprint density at radius 3 is 2.50 bits per heavy atom. The number of carbonyl (C=O) groups is 1. The minimum atomic E-state index is 0.438. The van der Waals surface area contributed by atoms with E-state index in [4.69, 9.17) is 4.74 Å². The predicted octanol–water partition coefficient (Wildman–Crippen LogP) is 2.57. The van der Waals surface area contributed by atoms with Gasteiger partial charge in [-0.05, 0) is 36.4 Å². The fraction of sp³-hybridized carbons (Fsp3) is 0.0769. The summed E-state index contributed by atoms with van der Waals surface area (Å²) in [7, 11) is 1.63. The Morgan fingerprint density at radius 1 is 1.12 bits per heavy atom. The van der Waals surface area contributed by atoms with Crippen LogP contribution in [0.25, 0.3) is 11.3 Å². The normalized spacial score (nSPS) is 9.81. The van der Waals surface area contributed by atoms with Crippen LogP contribution < -0.4 is 4.74 Å². The van der Waals surface area contributed by atoms with Crippen LogP contribution in [-0.4, -0.2) is 18.4 Å². The highest BCUT2D eigenvalue weighted by atomic mass is 16.5. The average Bonchev–Trinajstić information content (AvgIpc) is 2.39. The molecule has 0 bridgehead atoms. The second kappa shape index (κ2) is 4.57. The van der Waals surface area contributed by atoms with Crippen molar-refractivity contribution in [2.75, 3.05) is 7.11 Å². The van der Waals surface area contributed by atoms with E-state index in [0.29, 0.717) is 5.69 Å². The molecule has 2 aromatic rings. The molecule has 80 valence electrons. The molecule has 3 nitrogen and oxygen atoms in total. The molecule has 0 radical (unpaired) electrons. The van der Waals surface area contributed by atoms with Gasteiger partial charge in [0.05, 0.1) is 12.8 Å². The van der Waals surface area contributed by atoms with Crippen molar-refractivity contribution in [1.29, 1.82) is 0 Å². The van der Waals surface area contributed by atoms with Gasteiger partial charge in [0.2, 0.25) is 0 Å². The smallest absolute Gasteiger partial charge is 0.168 e. The maximum atomic E-state index is 10.6. The van der Waals surface area contributed by atoms with Crippen molar-refractivity contribution >= 4 is 6.29 Å². The van der Waals surface area contributed by atoms with Crippen LogP contribution in [-0.2, 0) is 0 Å². The minimum absolute atomic E-state index is 0.438. The monoisotopic (exact) mass is 213 g/mol. The van der Waals surface area contributed by atoms with Crippen LogP contribution in [0.1, 0.15) is 10.5 Å². The average molecular weight is 213 g/mol. The van der Waals surface area contributed by atoms with E-state index in [1.165, 1.54) is 0 Å². The third-order valence-electron chi connectivity index (χ3n) is 2.28. The van der Waals surface area contributed by atoms with Crippen molar-refractivity contribution in [2.45, 2.75) is 0 Å². The topological polar surface area (TPSA) is 39.2 Å². The molecule has 0 aliphatic rings. The van der Waals surface area contributed by atoms with Crippen LogP contribution in [0.4, 0.5) is 0 Å². The number of ether oxygens (including phenoxy) is 1. The van der Waals surface area contributed by atoms with Gasteiger partial charge in [-0.2, -0.15) is 0 Å². The van der Waals surface area contributed by atoms with Gasteiger partial charge in [0.15, 0.2) is 6.29 Å². The molecule has 0 saturated heterocycles. The number of methoxy groups -OCH3 is 1. The summed E-state index contributed by atoms with van der Waals surface area (Å²) in [4.78, 5) is 14.8. The summed E-state index contributed by atoms with van der Waals surface area (Å²) in [5.74, 6) is 0.801. The third kappa shape index (κ3) is 2.08. The summed E-state index contributed by atoms with van der Waals surface area (Å²) >= 11 is 0. The van der Waals surface area contributed by atoms with Crippen molar-refractivity contribution in [2.24, 2.45) is 0 Å². The molecule has 0 N–H and O–H groups in total. The zero-order valence-electron chi connectivity index (χ0n) is 8.88. The number of aldehydes is 1. The van der Waals surface area contributed by atoms with Gasteiger partial charge in [-0.1, -0.05) is 6.07 Å². The molecule has 1 aromatic carbocycles.